The summed E-state index contributed by atoms with van der Waals surface area (Å²) in [7, 11) is 0. The van der Waals surface area contributed by atoms with Crippen LogP contribution in [0.3, 0.4) is 0 Å². The minimum Gasteiger partial charge on any atom is -0.335 e. The van der Waals surface area contributed by atoms with Crippen molar-refractivity contribution >= 4 is 29.0 Å². The van der Waals surface area contributed by atoms with Gasteiger partial charge in [-0.15, -0.1) is 11.3 Å². The zero-order valence-electron chi connectivity index (χ0n) is 11.5. The molecule has 0 bridgehead atoms. The summed E-state index contributed by atoms with van der Waals surface area (Å²) in [5.74, 6) is 2.49. The minimum atomic E-state index is 0.0284. The molecule has 1 saturated heterocycles. The number of carbonyl (C=O) groups is 1. The predicted molar refractivity (Wildman–Crippen MR) is 82.2 cm³/mol. The number of thiophene rings is 1. The van der Waals surface area contributed by atoms with Gasteiger partial charge in [-0.25, -0.2) is 0 Å². The van der Waals surface area contributed by atoms with Crippen LogP contribution >= 0.6 is 23.1 Å². The maximum Gasteiger partial charge on any atom is 0.264 e. The fourth-order valence-electron chi connectivity index (χ4n) is 2.72. The van der Waals surface area contributed by atoms with Crippen molar-refractivity contribution in [3.63, 3.8) is 0 Å². The van der Waals surface area contributed by atoms with Crippen molar-refractivity contribution in [1.82, 2.24) is 10.2 Å². The van der Waals surface area contributed by atoms with Crippen molar-refractivity contribution in [3.05, 3.63) is 21.4 Å². The number of rotatable bonds is 1. The number of hydrogen-bond acceptors (Lipinski definition) is 4. The van der Waals surface area contributed by atoms with Crippen LogP contribution in [0.2, 0.25) is 0 Å². The van der Waals surface area contributed by atoms with E-state index in [0.717, 1.165) is 36.7 Å². The quantitative estimate of drug-likeness (QED) is 0.863. The average molecular weight is 296 g/mol. The van der Waals surface area contributed by atoms with E-state index in [1.165, 1.54) is 16.2 Å². The van der Waals surface area contributed by atoms with Gasteiger partial charge in [-0.1, -0.05) is 0 Å². The smallest absolute Gasteiger partial charge is 0.264 e. The average Bonchev–Trinajstić information content (AvgIpc) is 2.80. The zero-order valence-corrected chi connectivity index (χ0v) is 13.1. The van der Waals surface area contributed by atoms with Crippen molar-refractivity contribution in [2.24, 2.45) is 0 Å². The Kier molecular flexibility index (Phi) is 3.62. The predicted octanol–water partition coefficient (Wildman–Crippen LogP) is 2.36. The Morgan fingerprint density at radius 3 is 3.05 bits per heavy atom. The molecule has 3 nitrogen and oxygen atoms in total. The third kappa shape index (κ3) is 2.83. The van der Waals surface area contributed by atoms with E-state index in [-0.39, 0.29) is 11.4 Å². The fourth-order valence-corrected chi connectivity index (χ4v) is 5.06. The lowest BCUT2D eigenvalue weighted by Crippen LogP contribution is -2.58. The lowest BCUT2D eigenvalue weighted by atomic mass is 10.0. The van der Waals surface area contributed by atoms with Gasteiger partial charge in [-0.3, -0.25) is 4.79 Å². The second-order valence-corrected chi connectivity index (χ2v) is 8.14. The lowest BCUT2D eigenvalue weighted by molar-refractivity contribution is 0.0657. The number of nitrogens with zero attached hydrogens (tertiary/aromatic N) is 1. The molecule has 1 fully saturated rings. The minimum absolute atomic E-state index is 0.0284. The first-order chi connectivity index (χ1) is 9.05. The largest absolute Gasteiger partial charge is 0.335 e. The van der Waals surface area contributed by atoms with Crippen LogP contribution in [0, 0.1) is 0 Å². The third-order valence-corrected chi connectivity index (χ3v) is 5.93. The van der Waals surface area contributed by atoms with Gasteiger partial charge in [0.15, 0.2) is 0 Å². The van der Waals surface area contributed by atoms with Gasteiger partial charge < -0.3 is 10.2 Å². The van der Waals surface area contributed by atoms with Gasteiger partial charge in [-0.2, -0.15) is 11.8 Å². The van der Waals surface area contributed by atoms with Gasteiger partial charge in [0.1, 0.15) is 0 Å². The Hall–Kier alpha value is -0.520. The molecular formula is C14H20N2OS2. The number of carbonyl (C=O) groups excluding carboxylic acids is 1. The number of thioether (sulfide) groups is 1. The maximum atomic E-state index is 12.6. The highest BCUT2D eigenvalue weighted by atomic mass is 32.2. The topological polar surface area (TPSA) is 32.3 Å². The van der Waals surface area contributed by atoms with Crippen LogP contribution in [-0.2, 0) is 12.2 Å². The van der Waals surface area contributed by atoms with Crippen LogP contribution in [0.4, 0.5) is 0 Å². The molecular weight excluding hydrogens is 276 g/mol. The molecule has 0 atom stereocenters. The van der Waals surface area contributed by atoms with Crippen LogP contribution < -0.4 is 5.32 Å². The highest BCUT2D eigenvalue weighted by Crippen LogP contribution is 2.32. The Morgan fingerprint density at radius 1 is 1.47 bits per heavy atom. The van der Waals surface area contributed by atoms with E-state index in [1.54, 1.807) is 11.3 Å². The summed E-state index contributed by atoms with van der Waals surface area (Å²) < 4.78 is 0. The Balaban J connectivity index is 1.78. The monoisotopic (exact) mass is 296 g/mol. The highest BCUT2D eigenvalue weighted by molar-refractivity contribution is 7.98. The molecule has 3 heterocycles. The SMILES string of the molecule is CC1(C)CN(C(=O)c2cc3c(s2)CCSC3)CCN1. The van der Waals surface area contributed by atoms with Crippen molar-refractivity contribution in [2.45, 2.75) is 31.6 Å². The van der Waals surface area contributed by atoms with E-state index >= 15 is 0 Å². The standard InChI is InChI=1S/C14H20N2OS2/c1-14(2)9-16(5-4-15-14)13(17)12-7-10-8-18-6-3-11(10)19-12/h7,15H,3-6,8-9H2,1-2H3. The molecule has 0 spiro atoms. The van der Waals surface area contributed by atoms with E-state index < -0.39 is 0 Å². The molecule has 5 heteroatoms. The zero-order chi connectivity index (χ0) is 13.5. The van der Waals surface area contributed by atoms with Gasteiger partial charge in [0, 0.05) is 35.8 Å². The summed E-state index contributed by atoms with van der Waals surface area (Å²) in [4.78, 5) is 17.0. The van der Waals surface area contributed by atoms with Gasteiger partial charge in [0.25, 0.3) is 5.91 Å². The summed E-state index contributed by atoms with van der Waals surface area (Å²) in [5.41, 5.74) is 1.42. The normalized spacial score (nSPS) is 22.1. The van der Waals surface area contributed by atoms with Crippen molar-refractivity contribution < 1.29 is 4.79 Å². The van der Waals surface area contributed by atoms with Gasteiger partial charge in [0.2, 0.25) is 0 Å². The summed E-state index contributed by atoms with van der Waals surface area (Å²) in [6, 6.07) is 2.13. The number of hydrogen-bond donors (Lipinski definition) is 1. The van der Waals surface area contributed by atoms with Gasteiger partial charge >= 0.3 is 0 Å². The summed E-state index contributed by atoms with van der Waals surface area (Å²) in [6.07, 6.45) is 1.13. The van der Waals surface area contributed by atoms with Crippen LogP contribution in [0.25, 0.3) is 0 Å². The molecule has 3 rings (SSSR count). The molecule has 0 aromatic carbocycles. The van der Waals surface area contributed by atoms with Crippen molar-refractivity contribution in [1.29, 1.82) is 0 Å². The molecule has 104 valence electrons. The van der Waals surface area contributed by atoms with Crippen molar-refractivity contribution in [2.75, 3.05) is 25.4 Å². The molecule has 1 aromatic rings. The molecule has 0 aliphatic carbocycles. The van der Waals surface area contributed by atoms with E-state index in [0.29, 0.717) is 0 Å². The molecule has 1 amide bonds. The van der Waals surface area contributed by atoms with Gasteiger partial charge in [-0.05, 0) is 37.7 Å². The molecule has 1 N–H and O–H groups in total. The van der Waals surface area contributed by atoms with Crippen molar-refractivity contribution in [3.8, 4) is 0 Å². The Labute approximate surface area is 122 Å². The number of amides is 1. The molecule has 2 aliphatic heterocycles. The second kappa shape index (κ2) is 5.11. The first-order valence-corrected chi connectivity index (χ1v) is 8.76. The third-order valence-electron chi connectivity index (χ3n) is 3.70. The lowest BCUT2D eigenvalue weighted by Gasteiger charge is -2.38. The maximum absolute atomic E-state index is 12.6. The van der Waals surface area contributed by atoms with E-state index in [2.05, 4.69) is 25.2 Å². The van der Waals surface area contributed by atoms with Crippen LogP contribution in [0.5, 0.6) is 0 Å². The summed E-state index contributed by atoms with van der Waals surface area (Å²) >= 11 is 3.68. The Bertz CT molecular complexity index is 472. The van der Waals surface area contributed by atoms with Crippen LogP contribution in [0.15, 0.2) is 6.07 Å². The molecule has 0 unspecified atom stereocenters. The second-order valence-electron chi connectivity index (χ2n) is 5.90. The summed E-state index contributed by atoms with van der Waals surface area (Å²) in [5, 5.41) is 3.45. The van der Waals surface area contributed by atoms with E-state index in [1.807, 2.05) is 16.7 Å². The number of piperazine rings is 1. The van der Waals surface area contributed by atoms with Crippen LogP contribution in [0.1, 0.15) is 34.0 Å². The number of fused-ring (bicyclic) bond motifs is 1. The molecule has 0 saturated carbocycles. The van der Waals surface area contributed by atoms with Crippen LogP contribution in [-0.4, -0.2) is 41.7 Å². The molecule has 1 aromatic heterocycles. The number of aryl methyl sites for hydroxylation is 1. The first kappa shape index (κ1) is 13.5. The molecule has 0 radical (unpaired) electrons. The van der Waals surface area contributed by atoms with E-state index in [4.69, 9.17) is 0 Å². The molecule has 19 heavy (non-hydrogen) atoms. The molecule has 2 aliphatic rings. The first-order valence-electron chi connectivity index (χ1n) is 6.79. The fraction of sp³-hybridized carbons (Fsp3) is 0.643. The van der Waals surface area contributed by atoms with Gasteiger partial charge in [0.05, 0.1) is 4.88 Å². The number of nitrogens with one attached hydrogen (secondary N) is 1. The Morgan fingerprint density at radius 2 is 2.32 bits per heavy atom. The van der Waals surface area contributed by atoms with E-state index in [9.17, 15) is 4.79 Å². The summed E-state index contributed by atoms with van der Waals surface area (Å²) in [6.45, 7) is 6.81. The highest BCUT2D eigenvalue weighted by Gasteiger charge is 2.30.